The summed E-state index contributed by atoms with van der Waals surface area (Å²) >= 11 is 0. The van der Waals surface area contributed by atoms with Gasteiger partial charge in [0.05, 0.1) is 0 Å². The van der Waals surface area contributed by atoms with Gasteiger partial charge in [0, 0.05) is 12.5 Å². The van der Waals surface area contributed by atoms with E-state index in [4.69, 9.17) is 20.4 Å². The lowest BCUT2D eigenvalue weighted by molar-refractivity contribution is -0.154. The molecule has 0 spiro atoms. The molecule has 0 radical (unpaired) electrons. The predicted molar refractivity (Wildman–Crippen MR) is 98.0 cm³/mol. The number of hydrogen-bond donors (Lipinski definition) is 2. The Morgan fingerprint density at radius 1 is 1.29 bits per heavy atom. The molecule has 3 N–H and O–H groups in total. The standard InChI is InChI=1S/C11H17N.C7H14O2.CH2O2/c1-3-10-5-4-6-11(8-10)7-9(2)12;1-5-6(8)9-7(2,3)4;2-1-3/h4-6,8-9H,3,7,12H2,1-2H3;5H2,1-4H3;1H,(H,2,3). The Kier molecular flexibility index (Phi) is 13.8. The fourth-order valence-corrected chi connectivity index (χ4v) is 1.76. The van der Waals surface area contributed by atoms with Gasteiger partial charge in [-0.05, 0) is 51.7 Å². The van der Waals surface area contributed by atoms with Crippen molar-refractivity contribution < 1.29 is 19.4 Å². The van der Waals surface area contributed by atoms with E-state index in [9.17, 15) is 4.79 Å². The molecule has 0 heterocycles. The van der Waals surface area contributed by atoms with Crippen LogP contribution < -0.4 is 5.73 Å². The monoisotopic (exact) mass is 339 g/mol. The van der Waals surface area contributed by atoms with E-state index >= 15 is 0 Å². The molecule has 5 heteroatoms. The second kappa shape index (κ2) is 13.5. The molecular weight excluding hydrogens is 306 g/mol. The first kappa shape index (κ1) is 24.4. The molecule has 0 aliphatic rings. The van der Waals surface area contributed by atoms with E-state index in [1.54, 1.807) is 6.92 Å². The van der Waals surface area contributed by atoms with Crippen LogP contribution in [0, 0.1) is 0 Å². The highest BCUT2D eigenvalue weighted by atomic mass is 16.6. The Morgan fingerprint density at radius 3 is 2.12 bits per heavy atom. The number of nitrogens with two attached hydrogens (primary N) is 1. The molecule has 5 nitrogen and oxygen atoms in total. The second-order valence-corrected chi connectivity index (χ2v) is 6.40. The zero-order valence-electron chi connectivity index (χ0n) is 15.8. The molecule has 1 rings (SSSR count). The van der Waals surface area contributed by atoms with Crippen LogP contribution in [0.5, 0.6) is 0 Å². The molecule has 0 aromatic heterocycles. The van der Waals surface area contributed by atoms with E-state index in [-0.39, 0.29) is 24.1 Å². The third-order valence-electron chi connectivity index (χ3n) is 2.67. The van der Waals surface area contributed by atoms with Crippen LogP contribution in [0.1, 0.15) is 59.1 Å². The summed E-state index contributed by atoms with van der Waals surface area (Å²) in [6.45, 7) is 11.3. The quantitative estimate of drug-likeness (QED) is 0.646. The number of rotatable bonds is 4. The Labute approximate surface area is 146 Å². The summed E-state index contributed by atoms with van der Waals surface area (Å²) in [5.41, 5.74) is 8.14. The van der Waals surface area contributed by atoms with Gasteiger partial charge in [0.1, 0.15) is 5.60 Å². The molecule has 0 fully saturated rings. The van der Waals surface area contributed by atoms with Gasteiger partial charge in [-0.25, -0.2) is 0 Å². The minimum Gasteiger partial charge on any atom is -0.483 e. The van der Waals surface area contributed by atoms with Crippen molar-refractivity contribution >= 4 is 12.4 Å². The molecule has 138 valence electrons. The molecule has 1 aromatic rings. The molecule has 0 saturated heterocycles. The number of hydrogen-bond acceptors (Lipinski definition) is 4. The highest BCUT2D eigenvalue weighted by Crippen LogP contribution is 2.08. The molecule has 1 atom stereocenters. The van der Waals surface area contributed by atoms with Crippen molar-refractivity contribution in [1.29, 1.82) is 0 Å². The average Bonchev–Trinajstić information content (AvgIpc) is 2.46. The average molecular weight is 339 g/mol. The minimum atomic E-state index is -0.326. The molecule has 0 aliphatic heterocycles. The smallest absolute Gasteiger partial charge is 0.306 e. The topological polar surface area (TPSA) is 89.6 Å². The largest absolute Gasteiger partial charge is 0.483 e. The molecule has 0 aliphatic carbocycles. The van der Waals surface area contributed by atoms with E-state index in [1.807, 2.05) is 27.7 Å². The maximum absolute atomic E-state index is 10.6. The molecule has 0 saturated carbocycles. The van der Waals surface area contributed by atoms with Gasteiger partial charge in [0.25, 0.3) is 6.47 Å². The minimum absolute atomic E-state index is 0.137. The van der Waals surface area contributed by atoms with Gasteiger partial charge < -0.3 is 15.6 Å². The second-order valence-electron chi connectivity index (χ2n) is 6.40. The Balaban J connectivity index is 0. The van der Waals surface area contributed by atoms with Gasteiger partial charge in [-0.2, -0.15) is 0 Å². The number of esters is 1. The Morgan fingerprint density at radius 2 is 1.79 bits per heavy atom. The summed E-state index contributed by atoms with van der Waals surface area (Å²) in [6, 6.07) is 8.91. The number of carbonyl (C=O) groups excluding carboxylic acids is 1. The summed E-state index contributed by atoms with van der Waals surface area (Å²) < 4.78 is 4.95. The van der Waals surface area contributed by atoms with Crippen LogP contribution in [0.25, 0.3) is 0 Å². The van der Waals surface area contributed by atoms with E-state index in [1.165, 1.54) is 11.1 Å². The SMILES string of the molecule is CCC(=O)OC(C)(C)C.CCc1cccc(CC(C)N)c1.O=CO. The third kappa shape index (κ3) is 16.5. The van der Waals surface area contributed by atoms with Crippen LogP contribution in [0.2, 0.25) is 0 Å². The first-order valence-electron chi connectivity index (χ1n) is 8.22. The lowest BCUT2D eigenvalue weighted by atomic mass is 10.0. The van der Waals surface area contributed by atoms with Crippen molar-refractivity contribution in [3.8, 4) is 0 Å². The maximum atomic E-state index is 10.6. The molecule has 1 unspecified atom stereocenters. The zero-order chi connectivity index (χ0) is 19.2. The molecule has 0 bridgehead atoms. The van der Waals surface area contributed by atoms with E-state index in [2.05, 4.69) is 31.2 Å². The van der Waals surface area contributed by atoms with Crippen LogP contribution in [0.4, 0.5) is 0 Å². The number of aryl methyl sites for hydroxylation is 1. The lowest BCUT2D eigenvalue weighted by Crippen LogP contribution is -2.23. The highest BCUT2D eigenvalue weighted by Gasteiger charge is 2.13. The van der Waals surface area contributed by atoms with Crippen molar-refractivity contribution in [3.63, 3.8) is 0 Å². The lowest BCUT2D eigenvalue weighted by Gasteiger charge is -2.18. The van der Waals surface area contributed by atoms with Crippen LogP contribution in [0.3, 0.4) is 0 Å². The van der Waals surface area contributed by atoms with Crippen molar-refractivity contribution in [2.24, 2.45) is 5.73 Å². The third-order valence-corrected chi connectivity index (χ3v) is 2.67. The van der Waals surface area contributed by atoms with Gasteiger partial charge in [-0.3, -0.25) is 9.59 Å². The molecule has 0 amide bonds. The van der Waals surface area contributed by atoms with E-state index in [0.717, 1.165) is 12.8 Å². The van der Waals surface area contributed by atoms with Crippen LogP contribution in [-0.4, -0.2) is 29.2 Å². The number of benzene rings is 1. The Hall–Kier alpha value is -1.88. The molecular formula is C19H33NO4. The van der Waals surface area contributed by atoms with Crippen LogP contribution in [-0.2, 0) is 27.2 Å². The zero-order valence-corrected chi connectivity index (χ0v) is 15.8. The maximum Gasteiger partial charge on any atom is 0.306 e. The van der Waals surface area contributed by atoms with E-state index in [0.29, 0.717) is 6.42 Å². The van der Waals surface area contributed by atoms with Gasteiger partial charge in [0.2, 0.25) is 0 Å². The number of carboxylic acid groups (broad SMARTS) is 1. The van der Waals surface area contributed by atoms with Gasteiger partial charge >= 0.3 is 5.97 Å². The fraction of sp³-hybridized carbons (Fsp3) is 0.579. The molecule has 24 heavy (non-hydrogen) atoms. The van der Waals surface area contributed by atoms with Crippen molar-refractivity contribution in [1.82, 2.24) is 0 Å². The van der Waals surface area contributed by atoms with Gasteiger partial charge in [-0.15, -0.1) is 0 Å². The predicted octanol–water partition coefficient (Wildman–Crippen LogP) is 3.58. The van der Waals surface area contributed by atoms with E-state index < -0.39 is 0 Å². The summed E-state index contributed by atoms with van der Waals surface area (Å²) in [5.74, 6) is -0.137. The first-order valence-corrected chi connectivity index (χ1v) is 8.22. The number of ether oxygens (including phenoxy) is 1. The van der Waals surface area contributed by atoms with Crippen molar-refractivity contribution in [2.75, 3.05) is 0 Å². The van der Waals surface area contributed by atoms with Crippen molar-refractivity contribution in [3.05, 3.63) is 35.4 Å². The number of carbonyl (C=O) groups is 2. The van der Waals surface area contributed by atoms with Crippen molar-refractivity contribution in [2.45, 2.75) is 72.4 Å². The molecule has 1 aromatic carbocycles. The summed E-state index contributed by atoms with van der Waals surface area (Å²) in [4.78, 5) is 19.0. The Bertz CT molecular complexity index is 465. The van der Waals surface area contributed by atoms with Gasteiger partial charge in [0.15, 0.2) is 0 Å². The first-order chi connectivity index (χ1) is 11.1. The fourth-order valence-electron chi connectivity index (χ4n) is 1.76. The van der Waals surface area contributed by atoms with Crippen LogP contribution in [0.15, 0.2) is 24.3 Å². The highest BCUT2D eigenvalue weighted by molar-refractivity contribution is 5.69. The van der Waals surface area contributed by atoms with Crippen LogP contribution >= 0.6 is 0 Å². The normalized spacial score (nSPS) is 11.1. The summed E-state index contributed by atoms with van der Waals surface area (Å²) in [6.07, 6.45) is 2.54. The summed E-state index contributed by atoms with van der Waals surface area (Å²) in [5, 5.41) is 6.89. The van der Waals surface area contributed by atoms with Gasteiger partial charge in [-0.1, -0.05) is 38.1 Å². The summed E-state index contributed by atoms with van der Waals surface area (Å²) in [7, 11) is 0.